The van der Waals surface area contributed by atoms with Gasteiger partial charge in [0.05, 0.1) is 18.1 Å². The molecule has 1 atom stereocenters. The topological polar surface area (TPSA) is 84.7 Å². The molecule has 1 fully saturated rings. The Bertz CT molecular complexity index is 515. The Morgan fingerprint density at radius 3 is 2.95 bits per heavy atom. The van der Waals surface area contributed by atoms with Gasteiger partial charge in [-0.3, -0.25) is 14.9 Å². The number of likely N-dealkylation sites (N-methyl/N-ethyl adjacent to an activating group) is 1. The SMILES string of the molecule is CN(CC(=O)NCC1CCOC1)c1ccccc1[N+](=O)[O-]. The molecule has 0 spiro atoms. The number of para-hydroxylation sites is 2. The number of hydrogen-bond acceptors (Lipinski definition) is 5. The van der Waals surface area contributed by atoms with Gasteiger partial charge >= 0.3 is 0 Å². The quantitative estimate of drug-likeness (QED) is 0.629. The van der Waals surface area contributed by atoms with E-state index in [1.165, 1.54) is 6.07 Å². The van der Waals surface area contributed by atoms with E-state index in [9.17, 15) is 14.9 Å². The second-order valence-corrected chi connectivity index (χ2v) is 5.14. The number of anilines is 1. The summed E-state index contributed by atoms with van der Waals surface area (Å²) >= 11 is 0. The first-order chi connectivity index (χ1) is 10.1. The Hall–Kier alpha value is -2.15. The Balaban J connectivity index is 1.89. The summed E-state index contributed by atoms with van der Waals surface area (Å²) in [6, 6.07) is 6.39. The van der Waals surface area contributed by atoms with Crippen molar-refractivity contribution in [1.82, 2.24) is 5.32 Å². The second kappa shape index (κ2) is 7.03. The molecule has 1 aromatic rings. The van der Waals surface area contributed by atoms with Crippen molar-refractivity contribution in [3.05, 3.63) is 34.4 Å². The van der Waals surface area contributed by atoms with Crippen molar-refractivity contribution >= 4 is 17.3 Å². The molecule has 1 N–H and O–H groups in total. The third-order valence-electron chi connectivity index (χ3n) is 3.48. The lowest BCUT2D eigenvalue weighted by Crippen LogP contribution is -2.37. The van der Waals surface area contributed by atoms with E-state index in [0.29, 0.717) is 24.8 Å². The van der Waals surface area contributed by atoms with E-state index in [1.807, 2.05) is 0 Å². The fourth-order valence-electron chi connectivity index (χ4n) is 2.30. The van der Waals surface area contributed by atoms with Gasteiger partial charge in [-0.1, -0.05) is 12.1 Å². The number of nitrogens with one attached hydrogen (secondary N) is 1. The van der Waals surface area contributed by atoms with Crippen LogP contribution in [-0.2, 0) is 9.53 Å². The highest BCUT2D eigenvalue weighted by atomic mass is 16.6. The molecule has 1 unspecified atom stereocenters. The molecule has 7 nitrogen and oxygen atoms in total. The van der Waals surface area contributed by atoms with Crippen LogP contribution in [0.2, 0.25) is 0 Å². The van der Waals surface area contributed by atoms with E-state index in [2.05, 4.69) is 5.32 Å². The maximum Gasteiger partial charge on any atom is 0.292 e. The van der Waals surface area contributed by atoms with E-state index in [-0.39, 0.29) is 18.1 Å². The summed E-state index contributed by atoms with van der Waals surface area (Å²) in [7, 11) is 1.67. The molecular formula is C14H19N3O4. The van der Waals surface area contributed by atoms with Gasteiger partial charge in [-0.05, 0) is 12.5 Å². The van der Waals surface area contributed by atoms with E-state index in [0.717, 1.165) is 13.0 Å². The van der Waals surface area contributed by atoms with Crippen molar-refractivity contribution in [2.24, 2.45) is 5.92 Å². The number of carbonyl (C=O) groups is 1. The number of amides is 1. The lowest BCUT2D eigenvalue weighted by molar-refractivity contribution is -0.384. The van der Waals surface area contributed by atoms with Crippen LogP contribution >= 0.6 is 0 Å². The van der Waals surface area contributed by atoms with Crippen LogP contribution in [-0.4, -0.2) is 44.2 Å². The van der Waals surface area contributed by atoms with Crippen LogP contribution in [0, 0.1) is 16.0 Å². The normalized spacial score (nSPS) is 17.5. The van der Waals surface area contributed by atoms with Crippen molar-refractivity contribution in [3.8, 4) is 0 Å². The van der Waals surface area contributed by atoms with Gasteiger partial charge in [0.2, 0.25) is 5.91 Å². The Morgan fingerprint density at radius 2 is 2.29 bits per heavy atom. The molecule has 0 aromatic heterocycles. The number of nitrogens with zero attached hydrogens (tertiary/aromatic N) is 2. The van der Waals surface area contributed by atoms with Crippen molar-refractivity contribution < 1.29 is 14.5 Å². The molecule has 1 aromatic carbocycles. The number of benzene rings is 1. The molecular weight excluding hydrogens is 274 g/mol. The van der Waals surface area contributed by atoms with Crippen molar-refractivity contribution in [3.63, 3.8) is 0 Å². The summed E-state index contributed by atoms with van der Waals surface area (Å²) in [5.41, 5.74) is 0.429. The standard InChI is InChI=1S/C14H19N3O4/c1-16(12-4-2-3-5-13(12)17(19)20)9-14(18)15-8-11-6-7-21-10-11/h2-5,11H,6-10H2,1H3,(H,15,18). The van der Waals surface area contributed by atoms with Gasteiger partial charge in [0.25, 0.3) is 5.69 Å². The molecule has 1 aliphatic rings. The molecule has 1 heterocycles. The predicted octanol–water partition coefficient (Wildman–Crippen LogP) is 1.18. The molecule has 2 rings (SSSR count). The fourth-order valence-corrected chi connectivity index (χ4v) is 2.30. The number of nitro groups is 1. The van der Waals surface area contributed by atoms with Gasteiger partial charge in [0.1, 0.15) is 5.69 Å². The van der Waals surface area contributed by atoms with Gasteiger partial charge in [-0.2, -0.15) is 0 Å². The van der Waals surface area contributed by atoms with Crippen LogP contribution in [0.1, 0.15) is 6.42 Å². The van der Waals surface area contributed by atoms with Crippen LogP contribution < -0.4 is 10.2 Å². The van der Waals surface area contributed by atoms with Crippen LogP contribution in [0.15, 0.2) is 24.3 Å². The highest BCUT2D eigenvalue weighted by molar-refractivity contribution is 5.82. The first-order valence-electron chi connectivity index (χ1n) is 6.87. The minimum absolute atomic E-state index is 0.00278. The van der Waals surface area contributed by atoms with Crippen molar-refractivity contribution in [1.29, 1.82) is 0 Å². The maximum absolute atomic E-state index is 11.9. The predicted molar refractivity (Wildman–Crippen MR) is 78.3 cm³/mol. The highest BCUT2D eigenvalue weighted by Crippen LogP contribution is 2.26. The Morgan fingerprint density at radius 1 is 1.52 bits per heavy atom. The molecule has 1 aliphatic heterocycles. The average molecular weight is 293 g/mol. The minimum atomic E-state index is -0.445. The van der Waals surface area contributed by atoms with Gasteiger partial charge in [0, 0.05) is 32.2 Å². The number of hydrogen-bond donors (Lipinski definition) is 1. The van der Waals surface area contributed by atoms with Gasteiger partial charge in [-0.25, -0.2) is 0 Å². The molecule has 114 valence electrons. The maximum atomic E-state index is 11.9. The Labute approximate surface area is 123 Å². The molecule has 0 aliphatic carbocycles. The zero-order valence-electron chi connectivity index (χ0n) is 11.9. The summed E-state index contributed by atoms with van der Waals surface area (Å²) < 4.78 is 5.25. The first kappa shape index (κ1) is 15.2. The van der Waals surface area contributed by atoms with E-state index >= 15 is 0 Å². The first-order valence-corrected chi connectivity index (χ1v) is 6.87. The van der Waals surface area contributed by atoms with Crippen LogP contribution in [0.3, 0.4) is 0 Å². The zero-order chi connectivity index (χ0) is 15.2. The summed E-state index contributed by atoms with van der Waals surface area (Å²) in [4.78, 5) is 24.0. The van der Waals surface area contributed by atoms with Crippen LogP contribution in [0.4, 0.5) is 11.4 Å². The fraction of sp³-hybridized carbons (Fsp3) is 0.500. The van der Waals surface area contributed by atoms with Crippen molar-refractivity contribution in [2.75, 3.05) is 38.3 Å². The average Bonchev–Trinajstić information content (AvgIpc) is 2.98. The second-order valence-electron chi connectivity index (χ2n) is 5.14. The van der Waals surface area contributed by atoms with Gasteiger partial charge in [-0.15, -0.1) is 0 Å². The monoisotopic (exact) mass is 293 g/mol. The van der Waals surface area contributed by atoms with Gasteiger partial charge in [0.15, 0.2) is 0 Å². The molecule has 7 heteroatoms. The molecule has 0 saturated carbocycles. The van der Waals surface area contributed by atoms with Crippen molar-refractivity contribution in [2.45, 2.75) is 6.42 Å². The van der Waals surface area contributed by atoms with E-state index in [4.69, 9.17) is 4.74 Å². The minimum Gasteiger partial charge on any atom is -0.381 e. The molecule has 1 amide bonds. The summed E-state index contributed by atoms with van der Waals surface area (Å²) in [5.74, 6) is 0.216. The third-order valence-corrected chi connectivity index (χ3v) is 3.48. The molecule has 21 heavy (non-hydrogen) atoms. The van der Waals surface area contributed by atoms with Gasteiger partial charge < -0.3 is 15.0 Å². The number of ether oxygens (including phenoxy) is 1. The van der Waals surface area contributed by atoms with E-state index in [1.54, 1.807) is 30.1 Å². The Kier molecular flexibility index (Phi) is 5.10. The number of rotatable bonds is 6. The lowest BCUT2D eigenvalue weighted by atomic mass is 10.1. The highest BCUT2D eigenvalue weighted by Gasteiger charge is 2.19. The van der Waals surface area contributed by atoms with Crippen LogP contribution in [0.25, 0.3) is 0 Å². The van der Waals surface area contributed by atoms with E-state index < -0.39 is 4.92 Å². The summed E-state index contributed by atoms with van der Waals surface area (Å²) in [6.07, 6.45) is 0.959. The largest absolute Gasteiger partial charge is 0.381 e. The number of carbonyl (C=O) groups excluding carboxylic acids is 1. The number of nitro benzene ring substituents is 1. The summed E-state index contributed by atoms with van der Waals surface area (Å²) in [6.45, 7) is 2.10. The molecule has 1 saturated heterocycles. The zero-order valence-corrected chi connectivity index (χ0v) is 11.9. The molecule has 0 radical (unpaired) electrons. The third kappa shape index (κ3) is 4.16. The lowest BCUT2D eigenvalue weighted by Gasteiger charge is -2.19. The smallest absolute Gasteiger partial charge is 0.292 e. The van der Waals surface area contributed by atoms with Crippen LogP contribution in [0.5, 0.6) is 0 Å². The summed E-state index contributed by atoms with van der Waals surface area (Å²) in [5, 5.41) is 13.8. The molecule has 0 bridgehead atoms.